The van der Waals surface area contributed by atoms with Crippen LogP contribution >= 0.6 is 0 Å². The number of rotatable bonds is 6. The molecule has 2 aromatic rings. The van der Waals surface area contributed by atoms with Crippen molar-refractivity contribution in [2.45, 2.75) is 31.7 Å². The van der Waals surface area contributed by atoms with E-state index in [0.717, 1.165) is 25.7 Å². The minimum Gasteiger partial charge on any atom is -0.481 e. The molecule has 0 radical (unpaired) electrons. The summed E-state index contributed by atoms with van der Waals surface area (Å²) in [5.41, 5.74) is 13.7. The molecule has 0 bridgehead atoms. The van der Waals surface area contributed by atoms with Crippen LogP contribution in [-0.2, 0) is 9.84 Å². The number of sulfone groups is 1. The highest BCUT2D eigenvalue weighted by Gasteiger charge is 2.25. The monoisotopic (exact) mass is 406 g/mol. The van der Waals surface area contributed by atoms with E-state index in [1.165, 1.54) is 13.4 Å². The lowest BCUT2D eigenvalue weighted by Gasteiger charge is -2.29. The number of pyridine rings is 1. The smallest absolute Gasteiger partial charge is 0.222 e. The predicted octanol–water partition coefficient (Wildman–Crippen LogP) is 1.73. The SMILES string of the molecule is COc1ncccc1-c1nc(N)nc(NC2CCC(CS(C)(=O)=O)CC2)c1N. The highest BCUT2D eigenvalue weighted by molar-refractivity contribution is 7.90. The number of nitrogens with zero attached hydrogens (tertiary/aromatic N) is 3. The highest BCUT2D eigenvalue weighted by Crippen LogP contribution is 2.35. The highest BCUT2D eigenvalue weighted by atomic mass is 32.2. The zero-order valence-corrected chi connectivity index (χ0v) is 16.9. The van der Waals surface area contributed by atoms with Gasteiger partial charge in [0.2, 0.25) is 11.8 Å². The molecule has 1 aliphatic rings. The van der Waals surface area contributed by atoms with Gasteiger partial charge in [0.1, 0.15) is 21.2 Å². The Morgan fingerprint density at radius 3 is 2.57 bits per heavy atom. The number of hydrogen-bond acceptors (Lipinski definition) is 9. The minimum absolute atomic E-state index is 0.100. The third-order valence-corrected chi connectivity index (χ3v) is 5.99. The molecule has 10 heteroatoms. The van der Waals surface area contributed by atoms with Crippen LogP contribution in [0.3, 0.4) is 0 Å². The second kappa shape index (κ2) is 8.17. The molecule has 0 unspecified atom stereocenters. The third-order valence-electron chi connectivity index (χ3n) is 4.91. The van der Waals surface area contributed by atoms with Gasteiger partial charge in [-0.05, 0) is 43.7 Å². The molecule has 9 nitrogen and oxygen atoms in total. The van der Waals surface area contributed by atoms with Crippen molar-refractivity contribution in [3.05, 3.63) is 18.3 Å². The molecule has 0 spiro atoms. The molecule has 5 N–H and O–H groups in total. The van der Waals surface area contributed by atoms with Gasteiger partial charge in [-0.2, -0.15) is 4.98 Å². The van der Waals surface area contributed by atoms with Crippen LogP contribution in [0.4, 0.5) is 17.5 Å². The van der Waals surface area contributed by atoms with Crippen molar-refractivity contribution < 1.29 is 13.2 Å². The molecule has 0 aromatic carbocycles. The first-order chi connectivity index (χ1) is 13.3. The Kier molecular flexibility index (Phi) is 5.87. The first-order valence-corrected chi connectivity index (χ1v) is 11.2. The number of hydrogen-bond donors (Lipinski definition) is 3. The zero-order valence-electron chi connectivity index (χ0n) is 16.1. The number of methoxy groups -OCH3 is 1. The number of nitrogen functional groups attached to an aromatic ring is 2. The number of nitrogens with two attached hydrogens (primary N) is 2. The van der Waals surface area contributed by atoms with Crippen molar-refractivity contribution in [1.82, 2.24) is 15.0 Å². The quantitative estimate of drug-likeness (QED) is 0.652. The van der Waals surface area contributed by atoms with E-state index in [1.807, 2.05) is 6.07 Å². The largest absolute Gasteiger partial charge is 0.481 e. The summed E-state index contributed by atoms with van der Waals surface area (Å²) < 4.78 is 28.3. The van der Waals surface area contributed by atoms with Crippen LogP contribution in [0.5, 0.6) is 5.88 Å². The number of ether oxygens (including phenoxy) is 1. The second-order valence-corrected chi connectivity index (χ2v) is 9.39. The van der Waals surface area contributed by atoms with Crippen LogP contribution in [0.2, 0.25) is 0 Å². The minimum atomic E-state index is -2.95. The molecule has 0 aliphatic heterocycles. The van der Waals surface area contributed by atoms with Gasteiger partial charge in [-0.1, -0.05) is 0 Å². The van der Waals surface area contributed by atoms with Gasteiger partial charge in [0.25, 0.3) is 0 Å². The Labute approximate surface area is 164 Å². The summed E-state index contributed by atoms with van der Waals surface area (Å²) in [6, 6.07) is 3.73. The molecule has 1 saturated carbocycles. The predicted molar refractivity (Wildman–Crippen MR) is 110 cm³/mol. The van der Waals surface area contributed by atoms with Crippen molar-refractivity contribution in [2.24, 2.45) is 5.92 Å². The lowest BCUT2D eigenvalue weighted by Crippen LogP contribution is -2.29. The first kappa shape index (κ1) is 20.1. The summed E-state index contributed by atoms with van der Waals surface area (Å²) in [4.78, 5) is 12.7. The Morgan fingerprint density at radius 1 is 1.21 bits per heavy atom. The normalized spacial score (nSPS) is 19.9. The Balaban J connectivity index is 1.78. The van der Waals surface area contributed by atoms with Crippen LogP contribution in [0.1, 0.15) is 25.7 Å². The summed E-state index contributed by atoms with van der Waals surface area (Å²) in [6.45, 7) is 0. The molecule has 3 rings (SSSR count). The number of aromatic nitrogens is 3. The molecular formula is C18H26N6O3S. The van der Waals surface area contributed by atoms with Crippen molar-refractivity contribution in [1.29, 1.82) is 0 Å². The Bertz CT molecular complexity index is 942. The van der Waals surface area contributed by atoms with Gasteiger partial charge < -0.3 is 21.5 Å². The van der Waals surface area contributed by atoms with Crippen molar-refractivity contribution in [2.75, 3.05) is 35.9 Å². The van der Waals surface area contributed by atoms with Crippen molar-refractivity contribution in [3.8, 4) is 17.1 Å². The molecule has 0 atom stereocenters. The lowest BCUT2D eigenvalue weighted by molar-refractivity contribution is 0.361. The summed E-state index contributed by atoms with van der Waals surface area (Å²) in [5, 5.41) is 3.35. The molecule has 1 aliphatic carbocycles. The van der Waals surface area contributed by atoms with Gasteiger partial charge in [-0.15, -0.1) is 0 Å². The lowest BCUT2D eigenvalue weighted by atomic mass is 9.87. The first-order valence-electron chi connectivity index (χ1n) is 9.13. The third kappa shape index (κ3) is 4.80. The van der Waals surface area contributed by atoms with Crippen LogP contribution in [0, 0.1) is 5.92 Å². The van der Waals surface area contributed by atoms with E-state index >= 15 is 0 Å². The van der Waals surface area contributed by atoms with Gasteiger partial charge in [0, 0.05) is 18.5 Å². The molecule has 0 amide bonds. The van der Waals surface area contributed by atoms with Gasteiger partial charge >= 0.3 is 0 Å². The summed E-state index contributed by atoms with van der Waals surface area (Å²) >= 11 is 0. The van der Waals surface area contributed by atoms with Crippen LogP contribution in [0.15, 0.2) is 18.3 Å². The molecule has 152 valence electrons. The maximum Gasteiger partial charge on any atom is 0.222 e. The Morgan fingerprint density at radius 2 is 1.93 bits per heavy atom. The maximum atomic E-state index is 11.5. The molecule has 2 heterocycles. The van der Waals surface area contributed by atoms with E-state index in [0.29, 0.717) is 28.6 Å². The second-order valence-electron chi connectivity index (χ2n) is 7.21. The summed E-state index contributed by atoms with van der Waals surface area (Å²) in [7, 11) is -1.42. The molecule has 2 aromatic heterocycles. The average molecular weight is 407 g/mol. The van der Waals surface area contributed by atoms with Crippen LogP contribution in [-0.4, -0.2) is 48.5 Å². The van der Waals surface area contributed by atoms with E-state index in [9.17, 15) is 8.42 Å². The number of nitrogens with one attached hydrogen (secondary N) is 1. The van der Waals surface area contributed by atoms with E-state index in [2.05, 4.69) is 20.3 Å². The summed E-state index contributed by atoms with van der Waals surface area (Å²) in [5.74, 6) is 1.42. The molecular weight excluding hydrogens is 380 g/mol. The average Bonchev–Trinajstić information content (AvgIpc) is 2.65. The fraction of sp³-hybridized carbons (Fsp3) is 0.500. The molecule has 0 saturated heterocycles. The standard InChI is InChI=1S/C18H26N6O3S/c1-27-17-13(4-3-9-21-17)15-14(19)16(24-18(20)23-15)22-12-7-5-11(6-8-12)10-28(2,25)26/h3-4,9,11-12H,5-8,10,19H2,1-2H3,(H3,20,22,23,24). The van der Waals surface area contributed by atoms with E-state index in [-0.39, 0.29) is 23.7 Å². The van der Waals surface area contributed by atoms with Crippen molar-refractivity contribution in [3.63, 3.8) is 0 Å². The molecule has 1 fully saturated rings. The van der Waals surface area contributed by atoms with Gasteiger partial charge in [-0.25, -0.2) is 18.4 Å². The number of anilines is 3. The van der Waals surface area contributed by atoms with Crippen molar-refractivity contribution >= 4 is 27.3 Å². The van der Waals surface area contributed by atoms with Gasteiger partial charge in [0.05, 0.1) is 18.4 Å². The van der Waals surface area contributed by atoms with E-state index < -0.39 is 9.84 Å². The topological polar surface area (TPSA) is 146 Å². The fourth-order valence-electron chi connectivity index (χ4n) is 3.63. The van der Waals surface area contributed by atoms with E-state index in [4.69, 9.17) is 16.2 Å². The summed E-state index contributed by atoms with van der Waals surface area (Å²) in [6.07, 6.45) is 6.28. The molecule has 28 heavy (non-hydrogen) atoms. The van der Waals surface area contributed by atoms with Crippen LogP contribution < -0.4 is 21.5 Å². The Hall–Kier alpha value is -2.62. The van der Waals surface area contributed by atoms with Gasteiger partial charge in [0.15, 0.2) is 5.82 Å². The van der Waals surface area contributed by atoms with Gasteiger partial charge in [-0.3, -0.25) is 0 Å². The maximum absolute atomic E-state index is 11.5. The van der Waals surface area contributed by atoms with Crippen LogP contribution in [0.25, 0.3) is 11.3 Å². The zero-order chi connectivity index (χ0) is 20.3. The fourth-order valence-corrected chi connectivity index (χ4v) is 4.82. The van der Waals surface area contributed by atoms with E-state index in [1.54, 1.807) is 12.3 Å².